The molecule has 0 bridgehead atoms. The van der Waals surface area contributed by atoms with Crippen molar-refractivity contribution in [3.8, 4) is 5.75 Å². The van der Waals surface area contributed by atoms with Gasteiger partial charge in [-0.05, 0) is 35.9 Å². The van der Waals surface area contributed by atoms with Gasteiger partial charge in [-0.25, -0.2) is 0 Å². The number of hydrogen-bond acceptors (Lipinski definition) is 1. The molecular formula is C16H18O. The van der Waals surface area contributed by atoms with Crippen LogP contribution < -0.4 is 0 Å². The Kier molecular flexibility index (Phi) is 3.48. The zero-order valence-corrected chi connectivity index (χ0v) is 10.4. The molecule has 0 radical (unpaired) electrons. The third kappa shape index (κ3) is 2.19. The average molecular weight is 226 g/mol. The summed E-state index contributed by atoms with van der Waals surface area (Å²) in [4.78, 5) is 0. The summed E-state index contributed by atoms with van der Waals surface area (Å²) in [7, 11) is 0. The molecule has 0 saturated heterocycles. The Hall–Kier alpha value is -1.76. The fourth-order valence-electron chi connectivity index (χ4n) is 2.27. The van der Waals surface area contributed by atoms with Crippen molar-refractivity contribution in [3.63, 3.8) is 0 Å². The van der Waals surface area contributed by atoms with Gasteiger partial charge >= 0.3 is 0 Å². The van der Waals surface area contributed by atoms with Crippen LogP contribution in [-0.2, 0) is 6.42 Å². The number of phenolic OH excluding ortho intramolecular Hbond substituents is 1. The van der Waals surface area contributed by atoms with Crippen molar-refractivity contribution in [3.05, 3.63) is 47.5 Å². The van der Waals surface area contributed by atoms with Gasteiger partial charge in [0, 0.05) is 5.39 Å². The predicted molar refractivity (Wildman–Crippen MR) is 74.3 cm³/mol. The first kappa shape index (κ1) is 11.7. The SMILES string of the molecule is C/C=C\c1c(CCC)cc(O)c2ccccc12. The van der Waals surface area contributed by atoms with Gasteiger partial charge in [0.2, 0.25) is 0 Å². The van der Waals surface area contributed by atoms with Gasteiger partial charge in [-0.3, -0.25) is 0 Å². The highest BCUT2D eigenvalue weighted by atomic mass is 16.3. The van der Waals surface area contributed by atoms with Gasteiger partial charge in [0.25, 0.3) is 0 Å². The number of benzene rings is 2. The van der Waals surface area contributed by atoms with E-state index in [-0.39, 0.29) is 0 Å². The lowest BCUT2D eigenvalue weighted by Crippen LogP contribution is -1.91. The van der Waals surface area contributed by atoms with Gasteiger partial charge in [0.15, 0.2) is 0 Å². The Morgan fingerprint density at radius 2 is 1.88 bits per heavy atom. The quantitative estimate of drug-likeness (QED) is 0.815. The zero-order valence-electron chi connectivity index (χ0n) is 10.4. The number of aromatic hydroxyl groups is 1. The second-order valence-electron chi connectivity index (χ2n) is 4.26. The minimum absolute atomic E-state index is 0.386. The van der Waals surface area contributed by atoms with Crippen LogP contribution in [0.3, 0.4) is 0 Å². The van der Waals surface area contributed by atoms with E-state index >= 15 is 0 Å². The van der Waals surface area contributed by atoms with Crippen molar-refractivity contribution in [1.29, 1.82) is 0 Å². The number of fused-ring (bicyclic) bond motifs is 1. The van der Waals surface area contributed by atoms with Crippen LogP contribution in [0.2, 0.25) is 0 Å². The molecule has 1 N–H and O–H groups in total. The van der Waals surface area contributed by atoms with Crippen molar-refractivity contribution in [2.24, 2.45) is 0 Å². The summed E-state index contributed by atoms with van der Waals surface area (Å²) in [5.74, 6) is 0.386. The van der Waals surface area contributed by atoms with E-state index in [1.807, 2.05) is 31.2 Å². The van der Waals surface area contributed by atoms with Crippen molar-refractivity contribution in [2.45, 2.75) is 26.7 Å². The number of hydrogen-bond donors (Lipinski definition) is 1. The molecule has 17 heavy (non-hydrogen) atoms. The first-order valence-corrected chi connectivity index (χ1v) is 6.14. The maximum atomic E-state index is 10.0. The van der Waals surface area contributed by atoms with Crippen molar-refractivity contribution in [2.75, 3.05) is 0 Å². The summed E-state index contributed by atoms with van der Waals surface area (Å²) >= 11 is 0. The molecule has 88 valence electrons. The van der Waals surface area contributed by atoms with Gasteiger partial charge in [0.05, 0.1) is 0 Å². The molecule has 2 aromatic carbocycles. The maximum absolute atomic E-state index is 10.0. The molecule has 1 nitrogen and oxygen atoms in total. The lowest BCUT2D eigenvalue weighted by molar-refractivity contribution is 0.481. The van der Waals surface area contributed by atoms with E-state index in [0.29, 0.717) is 5.75 Å². The Balaban J connectivity index is 2.77. The molecule has 0 aromatic heterocycles. The fraction of sp³-hybridized carbons (Fsp3) is 0.250. The van der Waals surface area contributed by atoms with Gasteiger partial charge < -0.3 is 5.11 Å². The third-order valence-electron chi connectivity index (χ3n) is 3.00. The molecule has 0 atom stereocenters. The molecule has 2 aromatic rings. The lowest BCUT2D eigenvalue weighted by atomic mass is 9.95. The summed E-state index contributed by atoms with van der Waals surface area (Å²) in [6.45, 7) is 4.18. The fourth-order valence-corrected chi connectivity index (χ4v) is 2.27. The van der Waals surface area contributed by atoms with Gasteiger partial charge in [-0.15, -0.1) is 0 Å². The Morgan fingerprint density at radius 1 is 1.18 bits per heavy atom. The van der Waals surface area contributed by atoms with Crippen molar-refractivity contribution in [1.82, 2.24) is 0 Å². The molecule has 1 heteroatoms. The third-order valence-corrected chi connectivity index (χ3v) is 3.00. The van der Waals surface area contributed by atoms with Crippen LogP contribution in [0, 0.1) is 0 Å². The number of aryl methyl sites for hydroxylation is 1. The number of allylic oxidation sites excluding steroid dienone is 1. The second kappa shape index (κ2) is 5.05. The van der Waals surface area contributed by atoms with Gasteiger partial charge in [-0.2, -0.15) is 0 Å². The Bertz CT molecular complexity index is 553. The van der Waals surface area contributed by atoms with E-state index in [4.69, 9.17) is 0 Å². The van der Waals surface area contributed by atoms with E-state index < -0.39 is 0 Å². The summed E-state index contributed by atoms with van der Waals surface area (Å²) in [5, 5.41) is 12.1. The summed E-state index contributed by atoms with van der Waals surface area (Å²) < 4.78 is 0. The van der Waals surface area contributed by atoms with Crippen LogP contribution in [0.15, 0.2) is 36.4 Å². The molecule has 0 amide bonds. The smallest absolute Gasteiger partial charge is 0.123 e. The van der Waals surface area contributed by atoms with Gasteiger partial charge in [-0.1, -0.05) is 49.8 Å². The van der Waals surface area contributed by atoms with E-state index in [0.717, 1.165) is 23.6 Å². The number of phenols is 1. The largest absolute Gasteiger partial charge is 0.507 e. The Labute approximate surface area is 102 Å². The second-order valence-corrected chi connectivity index (χ2v) is 4.26. The summed E-state index contributed by atoms with van der Waals surface area (Å²) in [6, 6.07) is 9.92. The molecular weight excluding hydrogens is 208 g/mol. The molecule has 0 spiro atoms. The van der Waals surface area contributed by atoms with Crippen molar-refractivity contribution >= 4 is 16.8 Å². The highest BCUT2D eigenvalue weighted by Gasteiger charge is 2.08. The van der Waals surface area contributed by atoms with E-state index in [9.17, 15) is 5.11 Å². The highest BCUT2D eigenvalue weighted by molar-refractivity contribution is 5.96. The normalized spacial score (nSPS) is 11.4. The van der Waals surface area contributed by atoms with E-state index in [1.54, 1.807) is 0 Å². The molecule has 0 saturated carbocycles. The molecule has 0 heterocycles. The topological polar surface area (TPSA) is 20.2 Å². The molecule has 0 aliphatic heterocycles. The van der Waals surface area contributed by atoms with Crippen molar-refractivity contribution < 1.29 is 5.11 Å². The van der Waals surface area contributed by atoms with Crippen LogP contribution in [0.25, 0.3) is 16.8 Å². The zero-order chi connectivity index (χ0) is 12.3. The van der Waals surface area contributed by atoms with Gasteiger partial charge in [0.1, 0.15) is 5.75 Å². The van der Waals surface area contributed by atoms with Crippen LogP contribution in [0.1, 0.15) is 31.4 Å². The highest BCUT2D eigenvalue weighted by Crippen LogP contribution is 2.32. The first-order chi connectivity index (χ1) is 8.27. The minimum atomic E-state index is 0.386. The van der Waals surface area contributed by atoms with Crippen LogP contribution in [-0.4, -0.2) is 5.11 Å². The maximum Gasteiger partial charge on any atom is 0.123 e. The lowest BCUT2D eigenvalue weighted by Gasteiger charge is -2.11. The van der Waals surface area contributed by atoms with Crippen LogP contribution in [0.5, 0.6) is 5.75 Å². The summed E-state index contributed by atoms with van der Waals surface area (Å²) in [6.07, 6.45) is 6.27. The van der Waals surface area contributed by atoms with Crippen LogP contribution in [0.4, 0.5) is 0 Å². The standard InChI is InChI=1S/C16H18O/c1-3-7-12-11-16(17)15-10-6-5-9-14(15)13(12)8-4-2/h4-6,8-11,17H,3,7H2,1-2H3/b8-4-. The minimum Gasteiger partial charge on any atom is -0.507 e. The van der Waals surface area contributed by atoms with E-state index in [2.05, 4.69) is 25.1 Å². The molecule has 2 rings (SSSR count). The molecule has 0 unspecified atom stereocenters. The van der Waals surface area contributed by atoms with E-state index in [1.165, 1.54) is 11.1 Å². The first-order valence-electron chi connectivity index (χ1n) is 6.14. The predicted octanol–water partition coefficient (Wildman–Crippen LogP) is 4.53. The molecule has 0 aliphatic carbocycles. The van der Waals surface area contributed by atoms with Crippen LogP contribution >= 0.6 is 0 Å². The average Bonchev–Trinajstić information content (AvgIpc) is 2.34. The summed E-state index contributed by atoms with van der Waals surface area (Å²) in [5.41, 5.74) is 2.46. The molecule has 0 fully saturated rings. The Morgan fingerprint density at radius 3 is 2.53 bits per heavy atom. The molecule has 0 aliphatic rings. The number of rotatable bonds is 3. The monoisotopic (exact) mass is 226 g/mol.